The largest absolute Gasteiger partial charge is 0.366 e. The van der Waals surface area contributed by atoms with Gasteiger partial charge in [0.25, 0.3) is 5.69 Å². The van der Waals surface area contributed by atoms with Gasteiger partial charge in [0, 0.05) is 0 Å². The molecular formula is C11H11FN2O2. The van der Waals surface area contributed by atoms with Gasteiger partial charge >= 0.3 is 0 Å². The van der Waals surface area contributed by atoms with Crippen molar-refractivity contribution < 1.29 is 9.31 Å². The average molecular weight is 222 g/mol. The van der Waals surface area contributed by atoms with Crippen molar-refractivity contribution in [1.29, 1.82) is 0 Å². The van der Waals surface area contributed by atoms with Crippen LogP contribution < -0.4 is 5.32 Å². The molecule has 0 aliphatic carbocycles. The number of anilines is 1. The van der Waals surface area contributed by atoms with Gasteiger partial charge in [-0.15, -0.1) is 6.42 Å². The molecule has 0 amide bonds. The molecule has 0 aliphatic heterocycles. The number of nitro benzene ring substituents is 1. The van der Waals surface area contributed by atoms with Crippen LogP contribution in [0, 0.1) is 28.3 Å². The Morgan fingerprint density at radius 1 is 1.69 bits per heavy atom. The van der Waals surface area contributed by atoms with Gasteiger partial charge in [-0.2, -0.15) is 0 Å². The predicted octanol–water partition coefficient (Wildman–Crippen LogP) is 2.56. The second-order valence-corrected chi connectivity index (χ2v) is 3.19. The lowest BCUT2D eigenvalue weighted by molar-refractivity contribution is -0.384. The van der Waals surface area contributed by atoms with Crippen LogP contribution in [0.25, 0.3) is 0 Å². The Hall–Kier alpha value is -2.09. The van der Waals surface area contributed by atoms with Crippen molar-refractivity contribution in [3.8, 4) is 12.3 Å². The highest BCUT2D eigenvalue weighted by atomic mass is 19.1. The maximum absolute atomic E-state index is 12.8. The van der Waals surface area contributed by atoms with Gasteiger partial charge in [-0.1, -0.05) is 12.8 Å². The molecular weight excluding hydrogens is 211 g/mol. The Morgan fingerprint density at radius 3 is 2.88 bits per heavy atom. The van der Waals surface area contributed by atoms with Gasteiger partial charge in [-0.05, 0) is 18.6 Å². The number of hydrogen-bond donors (Lipinski definition) is 1. The first-order valence-corrected chi connectivity index (χ1v) is 4.75. The van der Waals surface area contributed by atoms with E-state index in [1.165, 1.54) is 6.07 Å². The molecule has 0 radical (unpaired) electrons. The first-order valence-electron chi connectivity index (χ1n) is 4.75. The predicted molar refractivity (Wildman–Crippen MR) is 59.6 cm³/mol. The zero-order valence-electron chi connectivity index (χ0n) is 8.74. The van der Waals surface area contributed by atoms with E-state index in [0.29, 0.717) is 6.42 Å². The number of nitro groups is 1. The van der Waals surface area contributed by atoms with Crippen LogP contribution in [0.3, 0.4) is 0 Å². The van der Waals surface area contributed by atoms with Crippen LogP contribution in [0.15, 0.2) is 18.2 Å². The summed E-state index contributed by atoms with van der Waals surface area (Å²) in [6.45, 7) is 1.85. The van der Waals surface area contributed by atoms with E-state index in [4.69, 9.17) is 6.42 Å². The number of halogens is 1. The van der Waals surface area contributed by atoms with Crippen molar-refractivity contribution in [2.75, 3.05) is 5.32 Å². The minimum atomic E-state index is -0.647. The van der Waals surface area contributed by atoms with Crippen LogP contribution >= 0.6 is 0 Å². The summed E-state index contributed by atoms with van der Waals surface area (Å²) >= 11 is 0. The number of nitrogens with zero attached hydrogens (tertiary/aromatic N) is 1. The number of benzene rings is 1. The molecule has 0 aliphatic rings. The van der Waals surface area contributed by atoms with E-state index in [9.17, 15) is 14.5 Å². The van der Waals surface area contributed by atoms with E-state index in [1.54, 1.807) is 0 Å². The van der Waals surface area contributed by atoms with Crippen molar-refractivity contribution in [3.63, 3.8) is 0 Å². The van der Waals surface area contributed by atoms with Crippen molar-refractivity contribution in [2.24, 2.45) is 0 Å². The fraction of sp³-hybridized carbons (Fsp3) is 0.273. The lowest BCUT2D eigenvalue weighted by Crippen LogP contribution is -2.16. The number of nitrogens with one attached hydrogen (secondary N) is 1. The Balaban J connectivity index is 3.04. The van der Waals surface area contributed by atoms with E-state index in [1.807, 2.05) is 6.92 Å². The van der Waals surface area contributed by atoms with E-state index < -0.39 is 10.7 Å². The molecule has 1 atom stereocenters. The summed E-state index contributed by atoms with van der Waals surface area (Å²) in [5, 5.41) is 13.5. The normalized spacial score (nSPS) is 11.6. The molecule has 1 rings (SSSR count). The van der Waals surface area contributed by atoms with Crippen LogP contribution in [0.5, 0.6) is 0 Å². The third kappa shape index (κ3) is 2.70. The number of hydrogen-bond acceptors (Lipinski definition) is 3. The molecule has 0 bridgehead atoms. The first kappa shape index (κ1) is 12.0. The summed E-state index contributed by atoms with van der Waals surface area (Å²) < 4.78 is 12.8. The molecule has 0 heterocycles. The smallest absolute Gasteiger partial charge is 0.295 e. The van der Waals surface area contributed by atoms with Crippen molar-refractivity contribution in [3.05, 3.63) is 34.1 Å². The molecule has 1 aromatic rings. The van der Waals surface area contributed by atoms with Crippen molar-refractivity contribution in [1.82, 2.24) is 0 Å². The monoisotopic (exact) mass is 222 g/mol. The molecule has 0 fully saturated rings. The van der Waals surface area contributed by atoms with Crippen LogP contribution in [0.1, 0.15) is 13.3 Å². The molecule has 0 saturated heterocycles. The number of terminal acetylenes is 1. The minimum Gasteiger partial charge on any atom is -0.366 e. The highest BCUT2D eigenvalue weighted by Gasteiger charge is 2.16. The summed E-state index contributed by atoms with van der Waals surface area (Å²) in [5.74, 6) is 1.81. The van der Waals surface area contributed by atoms with Gasteiger partial charge in [0.1, 0.15) is 11.5 Å². The van der Waals surface area contributed by atoms with Crippen LogP contribution in [-0.4, -0.2) is 11.0 Å². The molecule has 1 aromatic carbocycles. The molecule has 1 unspecified atom stereocenters. The van der Waals surface area contributed by atoms with E-state index in [2.05, 4.69) is 11.2 Å². The fourth-order valence-corrected chi connectivity index (χ4v) is 1.23. The fourth-order valence-electron chi connectivity index (χ4n) is 1.23. The SMILES string of the molecule is C#CC(CC)Nc1ccc(F)cc1[N+](=O)[O-]. The number of rotatable bonds is 4. The van der Waals surface area contributed by atoms with E-state index >= 15 is 0 Å². The topological polar surface area (TPSA) is 55.2 Å². The molecule has 0 spiro atoms. The summed E-state index contributed by atoms with van der Waals surface area (Å²) in [6, 6.07) is 3.03. The maximum atomic E-state index is 12.8. The highest BCUT2D eigenvalue weighted by Crippen LogP contribution is 2.25. The second kappa shape index (κ2) is 5.12. The van der Waals surface area contributed by atoms with Crippen LogP contribution in [-0.2, 0) is 0 Å². The second-order valence-electron chi connectivity index (χ2n) is 3.19. The molecule has 1 N–H and O–H groups in total. The van der Waals surface area contributed by atoms with Gasteiger partial charge in [-0.3, -0.25) is 10.1 Å². The standard InChI is InChI=1S/C11H11FN2O2/c1-3-9(4-2)13-10-6-5-8(12)7-11(10)14(15)16/h1,5-7,9,13H,4H2,2H3. The van der Waals surface area contributed by atoms with E-state index in [-0.39, 0.29) is 17.4 Å². The first-order chi connectivity index (χ1) is 7.58. The quantitative estimate of drug-likeness (QED) is 0.484. The van der Waals surface area contributed by atoms with Crippen molar-refractivity contribution in [2.45, 2.75) is 19.4 Å². The Morgan fingerprint density at radius 2 is 2.38 bits per heavy atom. The lowest BCUT2D eigenvalue weighted by Gasteiger charge is -2.12. The van der Waals surface area contributed by atoms with E-state index in [0.717, 1.165) is 12.1 Å². The average Bonchev–Trinajstić information content (AvgIpc) is 2.27. The lowest BCUT2D eigenvalue weighted by atomic mass is 10.2. The Labute approximate surface area is 92.6 Å². The van der Waals surface area contributed by atoms with Gasteiger partial charge < -0.3 is 5.32 Å². The Kier molecular flexibility index (Phi) is 3.84. The van der Waals surface area contributed by atoms with Crippen molar-refractivity contribution >= 4 is 11.4 Å². The van der Waals surface area contributed by atoms with Crippen LogP contribution in [0.4, 0.5) is 15.8 Å². The summed E-state index contributed by atoms with van der Waals surface area (Å²) in [7, 11) is 0. The van der Waals surface area contributed by atoms with Crippen LogP contribution in [0.2, 0.25) is 0 Å². The third-order valence-electron chi connectivity index (χ3n) is 2.10. The molecule has 5 heteroatoms. The Bertz CT molecular complexity index is 440. The van der Waals surface area contributed by atoms with Gasteiger partial charge in [-0.25, -0.2) is 4.39 Å². The molecule has 84 valence electrons. The van der Waals surface area contributed by atoms with Gasteiger partial charge in [0.15, 0.2) is 0 Å². The summed E-state index contributed by atoms with van der Waals surface area (Å²) in [4.78, 5) is 10.0. The van der Waals surface area contributed by atoms with Gasteiger partial charge in [0.05, 0.1) is 17.0 Å². The maximum Gasteiger partial charge on any atom is 0.295 e. The summed E-state index contributed by atoms with van der Waals surface area (Å²) in [5.41, 5.74) is -0.0788. The van der Waals surface area contributed by atoms with Gasteiger partial charge in [0.2, 0.25) is 0 Å². The zero-order valence-corrected chi connectivity index (χ0v) is 8.74. The zero-order chi connectivity index (χ0) is 12.1. The summed E-state index contributed by atoms with van der Waals surface area (Å²) in [6.07, 6.45) is 5.86. The molecule has 16 heavy (non-hydrogen) atoms. The highest BCUT2D eigenvalue weighted by molar-refractivity contribution is 5.62. The molecule has 0 saturated carbocycles. The molecule has 0 aromatic heterocycles. The minimum absolute atomic E-state index is 0.233. The molecule has 4 nitrogen and oxygen atoms in total. The third-order valence-corrected chi connectivity index (χ3v) is 2.10.